The van der Waals surface area contributed by atoms with Crippen molar-refractivity contribution in [2.75, 3.05) is 7.11 Å². The zero-order chi connectivity index (χ0) is 12.3. The molecule has 2 atom stereocenters. The number of carbonyl (C=O) groups excluding carboxylic acids is 1. The standard InChI is InChI=1S/C10H10F2O4/c1-16-10(15)9(14)8(13)5-3-2-4-6(11)7(5)12/h2-4,8-9,13-14H,1H3. The number of halogens is 2. The van der Waals surface area contributed by atoms with Gasteiger partial charge in [-0.3, -0.25) is 0 Å². The number of carbonyl (C=O) groups is 1. The minimum absolute atomic E-state index is 0.502. The molecular weight excluding hydrogens is 222 g/mol. The molecule has 88 valence electrons. The fourth-order valence-corrected chi connectivity index (χ4v) is 1.17. The smallest absolute Gasteiger partial charge is 0.337 e. The summed E-state index contributed by atoms with van der Waals surface area (Å²) in [5, 5.41) is 18.7. The molecule has 0 heterocycles. The molecule has 0 amide bonds. The minimum Gasteiger partial charge on any atom is -0.467 e. The lowest BCUT2D eigenvalue weighted by molar-refractivity contribution is -0.156. The average Bonchev–Trinajstić information content (AvgIpc) is 2.29. The number of aliphatic hydroxyl groups excluding tert-OH is 2. The van der Waals surface area contributed by atoms with E-state index in [2.05, 4.69) is 4.74 Å². The lowest BCUT2D eigenvalue weighted by Gasteiger charge is -2.16. The van der Waals surface area contributed by atoms with Crippen molar-refractivity contribution in [2.45, 2.75) is 12.2 Å². The molecule has 1 aromatic carbocycles. The lowest BCUT2D eigenvalue weighted by Crippen LogP contribution is -2.29. The Labute approximate surface area is 90.1 Å². The fraction of sp³-hybridized carbons (Fsp3) is 0.300. The summed E-state index contributed by atoms with van der Waals surface area (Å²) in [5.74, 6) is -3.61. The SMILES string of the molecule is COC(=O)C(O)C(O)c1cccc(F)c1F. The Morgan fingerprint density at radius 1 is 1.38 bits per heavy atom. The van der Waals surface area contributed by atoms with Crippen LogP contribution in [0, 0.1) is 11.6 Å². The number of hydrogen-bond donors (Lipinski definition) is 2. The van der Waals surface area contributed by atoms with Gasteiger partial charge in [-0.2, -0.15) is 0 Å². The number of benzene rings is 1. The molecule has 1 aromatic rings. The van der Waals surface area contributed by atoms with Crippen molar-refractivity contribution in [1.29, 1.82) is 0 Å². The van der Waals surface area contributed by atoms with Crippen LogP contribution in [-0.2, 0) is 9.53 Å². The first-order valence-corrected chi connectivity index (χ1v) is 4.37. The molecule has 1 rings (SSSR count). The second-order valence-electron chi connectivity index (χ2n) is 3.06. The highest BCUT2D eigenvalue weighted by Gasteiger charge is 2.29. The van der Waals surface area contributed by atoms with E-state index in [0.29, 0.717) is 0 Å². The molecule has 2 N–H and O–H groups in total. The fourth-order valence-electron chi connectivity index (χ4n) is 1.17. The third kappa shape index (κ3) is 2.34. The van der Waals surface area contributed by atoms with Gasteiger partial charge in [0.15, 0.2) is 17.7 Å². The average molecular weight is 232 g/mol. The van der Waals surface area contributed by atoms with Crippen LogP contribution in [0.5, 0.6) is 0 Å². The van der Waals surface area contributed by atoms with Gasteiger partial charge in [0.2, 0.25) is 0 Å². The maximum Gasteiger partial charge on any atom is 0.337 e. The first kappa shape index (κ1) is 12.5. The van der Waals surface area contributed by atoms with Crippen LogP contribution in [0.25, 0.3) is 0 Å². The lowest BCUT2D eigenvalue weighted by atomic mass is 10.0. The normalized spacial score (nSPS) is 14.3. The van der Waals surface area contributed by atoms with Crippen LogP contribution in [0.4, 0.5) is 8.78 Å². The Morgan fingerprint density at radius 3 is 2.56 bits per heavy atom. The van der Waals surface area contributed by atoms with E-state index in [-0.39, 0.29) is 0 Å². The molecule has 16 heavy (non-hydrogen) atoms. The molecular formula is C10H10F2O4. The maximum absolute atomic E-state index is 13.2. The number of hydrogen-bond acceptors (Lipinski definition) is 4. The summed E-state index contributed by atoms with van der Waals surface area (Å²) in [6, 6.07) is 3.08. The molecule has 6 heteroatoms. The first-order chi connectivity index (χ1) is 7.49. The highest BCUT2D eigenvalue weighted by Crippen LogP contribution is 2.22. The van der Waals surface area contributed by atoms with E-state index in [4.69, 9.17) is 0 Å². The van der Waals surface area contributed by atoms with Crippen molar-refractivity contribution < 1.29 is 28.5 Å². The molecule has 0 fully saturated rings. The van der Waals surface area contributed by atoms with Crippen LogP contribution in [0.15, 0.2) is 18.2 Å². The van der Waals surface area contributed by atoms with Gasteiger partial charge < -0.3 is 14.9 Å². The van der Waals surface area contributed by atoms with E-state index in [0.717, 1.165) is 25.3 Å². The summed E-state index contributed by atoms with van der Waals surface area (Å²) < 4.78 is 30.1. The van der Waals surface area contributed by atoms with E-state index < -0.39 is 35.4 Å². The Morgan fingerprint density at radius 2 is 2.00 bits per heavy atom. The van der Waals surface area contributed by atoms with Crippen LogP contribution in [0.1, 0.15) is 11.7 Å². The first-order valence-electron chi connectivity index (χ1n) is 4.37. The predicted molar refractivity (Wildman–Crippen MR) is 49.3 cm³/mol. The largest absolute Gasteiger partial charge is 0.467 e. The van der Waals surface area contributed by atoms with Crippen LogP contribution >= 0.6 is 0 Å². The Bertz CT molecular complexity index is 394. The van der Waals surface area contributed by atoms with Gasteiger partial charge in [0.05, 0.1) is 7.11 Å². The summed E-state index contributed by atoms with van der Waals surface area (Å²) in [5.41, 5.74) is -0.502. The zero-order valence-corrected chi connectivity index (χ0v) is 8.35. The molecule has 0 aliphatic rings. The van der Waals surface area contributed by atoms with Gasteiger partial charge in [-0.1, -0.05) is 12.1 Å². The van der Waals surface area contributed by atoms with E-state index in [9.17, 15) is 23.8 Å². The van der Waals surface area contributed by atoms with E-state index >= 15 is 0 Å². The molecule has 0 saturated carbocycles. The third-order valence-electron chi connectivity index (χ3n) is 2.04. The summed E-state index contributed by atoms with van der Waals surface area (Å²) in [6.07, 6.45) is -3.83. The number of esters is 1. The van der Waals surface area contributed by atoms with Gasteiger partial charge in [0.1, 0.15) is 6.10 Å². The maximum atomic E-state index is 13.2. The second kappa shape index (κ2) is 5.00. The van der Waals surface area contributed by atoms with Crippen LogP contribution in [-0.4, -0.2) is 29.4 Å². The van der Waals surface area contributed by atoms with E-state index in [1.54, 1.807) is 0 Å². The topological polar surface area (TPSA) is 66.8 Å². The van der Waals surface area contributed by atoms with Gasteiger partial charge in [0, 0.05) is 5.56 Å². The van der Waals surface area contributed by atoms with Crippen molar-refractivity contribution in [3.63, 3.8) is 0 Å². The zero-order valence-electron chi connectivity index (χ0n) is 8.35. The summed E-state index contributed by atoms with van der Waals surface area (Å²) in [7, 11) is 1.00. The summed E-state index contributed by atoms with van der Waals surface area (Å²) >= 11 is 0. The summed E-state index contributed by atoms with van der Waals surface area (Å²) in [4.78, 5) is 10.9. The number of methoxy groups -OCH3 is 1. The molecule has 0 saturated heterocycles. The van der Waals surface area contributed by atoms with Gasteiger partial charge in [-0.05, 0) is 6.07 Å². The Hall–Kier alpha value is -1.53. The van der Waals surface area contributed by atoms with Crippen molar-refractivity contribution in [3.05, 3.63) is 35.4 Å². The van der Waals surface area contributed by atoms with E-state index in [1.807, 2.05) is 0 Å². The second-order valence-corrected chi connectivity index (χ2v) is 3.06. The van der Waals surface area contributed by atoms with Crippen molar-refractivity contribution in [2.24, 2.45) is 0 Å². The molecule has 2 unspecified atom stereocenters. The van der Waals surface area contributed by atoms with E-state index in [1.165, 1.54) is 0 Å². The monoisotopic (exact) mass is 232 g/mol. The summed E-state index contributed by atoms with van der Waals surface area (Å²) in [6.45, 7) is 0. The molecule has 0 radical (unpaired) electrons. The quantitative estimate of drug-likeness (QED) is 0.746. The minimum atomic E-state index is -1.96. The number of rotatable bonds is 3. The molecule has 0 aliphatic carbocycles. The van der Waals surface area contributed by atoms with Gasteiger partial charge >= 0.3 is 5.97 Å². The molecule has 0 spiro atoms. The molecule has 0 aliphatic heterocycles. The number of ether oxygens (including phenoxy) is 1. The predicted octanol–water partition coefficient (Wildman–Crippen LogP) is 0.532. The van der Waals surface area contributed by atoms with Crippen molar-refractivity contribution >= 4 is 5.97 Å². The molecule has 4 nitrogen and oxygen atoms in total. The molecule has 0 aromatic heterocycles. The van der Waals surface area contributed by atoms with Crippen molar-refractivity contribution in [3.8, 4) is 0 Å². The molecule has 0 bridgehead atoms. The third-order valence-corrected chi connectivity index (χ3v) is 2.04. The van der Waals surface area contributed by atoms with Crippen LogP contribution < -0.4 is 0 Å². The Kier molecular flexibility index (Phi) is 3.92. The van der Waals surface area contributed by atoms with Crippen LogP contribution in [0.2, 0.25) is 0 Å². The van der Waals surface area contributed by atoms with Gasteiger partial charge in [0.25, 0.3) is 0 Å². The van der Waals surface area contributed by atoms with Gasteiger partial charge in [-0.15, -0.1) is 0 Å². The highest BCUT2D eigenvalue weighted by molar-refractivity contribution is 5.75. The van der Waals surface area contributed by atoms with Gasteiger partial charge in [-0.25, -0.2) is 13.6 Å². The van der Waals surface area contributed by atoms with Crippen molar-refractivity contribution in [1.82, 2.24) is 0 Å². The van der Waals surface area contributed by atoms with Crippen LogP contribution in [0.3, 0.4) is 0 Å². The number of aliphatic hydroxyl groups is 2. The Balaban J connectivity index is 3.00. The highest BCUT2D eigenvalue weighted by atomic mass is 19.2.